The summed E-state index contributed by atoms with van der Waals surface area (Å²) >= 11 is 5.90. The summed E-state index contributed by atoms with van der Waals surface area (Å²) in [6.45, 7) is 1.70. The van der Waals surface area contributed by atoms with Crippen LogP contribution in [-0.4, -0.2) is 31.6 Å². The summed E-state index contributed by atoms with van der Waals surface area (Å²) in [5.41, 5.74) is 0.525. The molecule has 0 fully saturated rings. The van der Waals surface area contributed by atoms with Crippen LogP contribution in [0.15, 0.2) is 18.2 Å². The Morgan fingerprint density at radius 3 is 2.72 bits per heavy atom. The molecule has 0 atom stereocenters. The molecule has 4 nitrogen and oxygen atoms in total. The lowest BCUT2D eigenvalue weighted by molar-refractivity contribution is 0.263. The van der Waals surface area contributed by atoms with Crippen molar-refractivity contribution in [2.75, 3.05) is 18.1 Å². The van der Waals surface area contributed by atoms with Crippen molar-refractivity contribution in [1.82, 2.24) is 0 Å². The van der Waals surface area contributed by atoms with Crippen LogP contribution in [-0.2, 0) is 16.4 Å². The second-order valence-electron chi connectivity index (χ2n) is 3.81. The quantitative estimate of drug-likeness (QED) is 0.781. The minimum atomic E-state index is -2.95. The van der Waals surface area contributed by atoms with E-state index in [0.717, 1.165) is 0 Å². The molecule has 0 bridgehead atoms. The van der Waals surface area contributed by atoms with Gasteiger partial charge in [0.05, 0.1) is 19.0 Å². The predicted molar refractivity (Wildman–Crippen MR) is 71.8 cm³/mol. The Hall–Kier alpha value is -0.780. The molecule has 18 heavy (non-hydrogen) atoms. The van der Waals surface area contributed by atoms with Gasteiger partial charge in [0.2, 0.25) is 0 Å². The molecule has 0 aliphatic heterocycles. The molecule has 1 rings (SSSR count). The van der Waals surface area contributed by atoms with Crippen molar-refractivity contribution in [3.05, 3.63) is 28.8 Å². The van der Waals surface area contributed by atoms with Crippen LogP contribution in [0.1, 0.15) is 18.9 Å². The summed E-state index contributed by atoms with van der Waals surface area (Å²) in [5, 5.41) is 9.60. The highest BCUT2D eigenvalue weighted by Crippen LogP contribution is 2.26. The number of aliphatic hydroxyl groups excluding tert-OH is 1. The number of hydrogen-bond donors (Lipinski definition) is 1. The zero-order valence-corrected chi connectivity index (χ0v) is 11.8. The lowest BCUT2D eigenvalue weighted by Gasteiger charge is -2.11. The Morgan fingerprint density at radius 1 is 1.39 bits per heavy atom. The SMILES string of the molecule is CCS(=O)(=O)CCCOc1cccc(Cl)c1CO. The maximum absolute atomic E-state index is 11.3. The Labute approximate surface area is 112 Å². The van der Waals surface area contributed by atoms with E-state index in [-0.39, 0.29) is 24.7 Å². The second-order valence-corrected chi connectivity index (χ2v) is 6.69. The van der Waals surface area contributed by atoms with Gasteiger partial charge in [-0.25, -0.2) is 8.42 Å². The molecular weight excluding hydrogens is 276 g/mol. The third-order valence-electron chi connectivity index (χ3n) is 2.53. The van der Waals surface area contributed by atoms with Crippen LogP contribution < -0.4 is 4.74 Å². The molecule has 0 heterocycles. The van der Waals surface area contributed by atoms with Crippen molar-refractivity contribution in [2.45, 2.75) is 20.0 Å². The van der Waals surface area contributed by atoms with Crippen LogP contribution in [0, 0.1) is 0 Å². The molecule has 102 valence electrons. The van der Waals surface area contributed by atoms with E-state index in [9.17, 15) is 8.42 Å². The minimum Gasteiger partial charge on any atom is -0.493 e. The molecule has 1 N–H and O–H groups in total. The Kier molecular flexibility index (Phi) is 5.91. The summed E-state index contributed by atoms with van der Waals surface area (Å²) < 4.78 is 28.0. The fourth-order valence-corrected chi connectivity index (χ4v) is 2.50. The van der Waals surface area contributed by atoms with Crippen molar-refractivity contribution < 1.29 is 18.3 Å². The van der Waals surface area contributed by atoms with Gasteiger partial charge in [0.15, 0.2) is 0 Å². The van der Waals surface area contributed by atoms with E-state index in [1.165, 1.54) is 0 Å². The van der Waals surface area contributed by atoms with Gasteiger partial charge in [-0.15, -0.1) is 0 Å². The lowest BCUT2D eigenvalue weighted by atomic mass is 10.2. The highest BCUT2D eigenvalue weighted by atomic mass is 35.5. The highest BCUT2D eigenvalue weighted by Gasteiger charge is 2.09. The first-order valence-electron chi connectivity index (χ1n) is 5.71. The molecule has 0 aliphatic rings. The van der Waals surface area contributed by atoms with Gasteiger partial charge in [-0.2, -0.15) is 0 Å². The standard InChI is InChI=1S/C12H17ClO4S/c1-2-18(15,16)8-4-7-17-12-6-3-5-11(13)10(12)9-14/h3,5-6,14H,2,4,7-9H2,1H3. The van der Waals surface area contributed by atoms with Gasteiger partial charge in [0, 0.05) is 16.3 Å². The van der Waals surface area contributed by atoms with Crippen LogP contribution >= 0.6 is 11.6 Å². The van der Waals surface area contributed by atoms with Crippen molar-refractivity contribution in [3.8, 4) is 5.75 Å². The van der Waals surface area contributed by atoms with Crippen LogP contribution in [0.2, 0.25) is 5.02 Å². The third kappa shape index (κ3) is 4.48. The Bertz CT molecular complexity index is 485. The maximum atomic E-state index is 11.3. The van der Waals surface area contributed by atoms with E-state index in [0.29, 0.717) is 22.8 Å². The van der Waals surface area contributed by atoms with Crippen LogP contribution in [0.5, 0.6) is 5.75 Å². The Balaban J connectivity index is 2.52. The largest absolute Gasteiger partial charge is 0.493 e. The number of benzene rings is 1. The lowest BCUT2D eigenvalue weighted by Crippen LogP contribution is -2.12. The predicted octanol–water partition coefficient (Wildman–Crippen LogP) is 2.04. The first-order chi connectivity index (χ1) is 8.50. The van der Waals surface area contributed by atoms with Gasteiger partial charge in [0.25, 0.3) is 0 Å². The molecule has 0 spiro atoms. The molecule has 0 amide bonds. The average molecular weight is 293 g/mol. The first-order valence-corrected chi connectivity index (χ1v) is 7.91. The van der Waals surface area contributed by atoms with Gasteiger partial charge >= 0.3 is 0 Å². The fourth-order valence-electron chi connectivity index (χ4n) is 1.43. The summed E-state index contributed by atoms with van der Waals surface area (Å²) in [6.07, 6.45) is 0.424. The summed E-state index contributed by atoms with van der Waals surface area (Å²) in [7, 11) is -2.95. The van der Waals surface area contributed by atoms with Gasteiger partial charge in [-0.1, -0.05) is 24.6 Å². The van der Waals surface area contributed by atoms with Crippen molar-refractivity contribution in [2.24, 2.45) is 0 Å². The molecule has 1 aromatic carbocycles. The maximum Gasteiger partial charge on any atom is 0.150 e. The smallest absolute Gasteiger partial charge is 0.150 e. The zero-order chi connectivity index (χ0) is 13.6. The van der Waals surface area contributed by atoms with Crippen LogP contribution in [0.3, 0.4) is 0 Å². The molecule has 0 radical (unpaired) electrons. The number of ether oxygens (including phenoxy) is 1. The zero-order valence-electron chi connectivity index (χ0n) is 10.2. The van der Waals surface area contributed by atoms with E-state index < -0.39 is 9.84 Å². The molecule has 0 aliphatic carbocycles. The minimum absolute atomic E-state index is 0.110. The van der Waals surface area contributed by atoms with Gasteiger partial charge in [-0.3, -0.25) is 0 Å². The van der Waals surface area contributed by atoms with E-state index in [2.05, 4.69) is 0 Å². The number of halogens is 1. The van der Waals surface area contributed by atoms with E-state index >= 15 is 0 Å². The third-order valence-corrected chi connectivity index (χ3v) is 4.68. The molecule has 0 unspecified atom stereocenters. The number of hydrogen-bond acceptors (Lipinski definition) is 4. The summed E-state index contributed by atoms with van der Waals surface area (Å²) in [6, 6.07) is 5.09. The van der Waals surface area contributed by atoms with Crippen LogP contribution in [0.25, 0.3) is 0 Å². The molecule has 6 heteroatoms. The van der Waals surface area contributed by atoms with E-state index in [4.69, 9.17) is 21.4 Å². The van der Waals surface area contributed by atoms with Gasteiger partial charge in [0.1, 0.15) is 15.6 Å². The topological polar surface area (TPSA) is 63.6 Å². The number of sulfone groups is 1. The Morgan fingerprint density at radius 2 is 2.11 bits per heavy atom. The highest BCUT2D eigenvalue weighted by molar-refractivity contribution is 7.91. The molecule has 0 aromatic heterocycles. The van der Waals surface area contributed by atoms with Crippen molar-refractivity contribution >= 4 is 21.4 Å². The molecule has 0 saturated carbocycles. The van der Waals surface area contributed by atoms with Crippen molar-refractivity contribution in [3.63, 3.8) is 0 Å². The van der Waals surface area contributed by atoms with E-state index in [1.807, 2.05) is 0 Å². The normalized spacial score (nSPS) is 11.5. The monoisotopic (exact) mass is 292 g/mol. The summed E-state index contributed by atoms with van der Waals surface area (Å²) in [4.78, 5) is 0. The van der Waals surface area contributed by atoms with Gasteiger partial charge < -0.3 is 9.84 Å². The second kappa shape index (κ2) is 6.97. The summed E-state index contributed by atoms with van der Waals surface area (Å²) in [5.74, 6) is 0.754. The van der Waals surface area contributed by atoms with Gasteiger partial charge in [-0.05, 0) is 18.6 Å². The number of rotatable bonds is 7. The average Bonchev–Trinajstić information content (AvgIpc) is 2.35. The molecule has 1 aromatic rings. The first kappa shape index (κ1) is 15.3. The molecule has 0 saturated heterocycles. The van der Waals surface area contributed by atoms with E-state index in [1.54, 1.807) is 25.1 Å². The van der Waals surface area contributed by atoms with Crippen molar-refractivity contribution in [1.29, 1.82) is 0 Å². The van der Waals surface area contributed by atoms with Crippen LogP contribution in [0.4, 0.5) is 0 Å². The fraction of sp³-hybridized carbons (Fsp3) is 0.500. The molecular formula is C12H17ClO4S. The number of aliphatic hydroxyl groups is 1.